The number of carbonyl (C=O) groups excluding carboxylic acids is 1. The smallest absolute Gasteiger partial charge is 0.269 e. The monoisotopic (exact) mass is 311 g/mol. The molecule has 17 heavy (non-hydrogen) atoms. The van der Waals surface area contributed by atoms with Crippen molar-refractivity contribution in [3.05, 3.63) is 39.3 Å². The van der Waals surface area contributed by atoms with Crippen molar-refractivity contribution in [2.45, 2.75) is 0 Å². The van der Waals surface area contributed by atoms with E-state index < -0.39 is 0 Å². The van der Waals surface area contributed by atoms with Crippen LogP contribution in [0.1, 0.15) is 9.67 Å². The lowest BCUT2D eigenvalue weighted by Crippen LogP contribution is -2.26. The Kier molecular flexibility index (Phi) is 3.44. The number of nitrogens with zero attached hydrogens (tertiary/aromatic N) is 2. The topological polar surface area (TPSA) is 59.2 Å². The Bertz CT molecular complexity index is 542. The van der Waals surface area contributed by atoms with Crippen molar-refractivity contribution in [3.8, 4) is 0 Å². The number of amides is 1. The van der Waals surface area contributed by atoms with E-state index in [2.05, 4.69) is 20.9 Å². The molecule has 0 aliphatic rings. The Hall–Kier alpha value is -1.40. The van der Waals surface area contributed by atoms with Gasteiger partial charge in [-0.2, -0.15) is 0 Å². The Morgan fingerprint density at radius 2 is 2.29 bits per heavy atom. The van der Waals surface area contributed by atoms with Crippen LogP contribution in [0, 0.1) is 0 Å². The van der Waals surface area contributed by atoms with Gasteiger partial charge in [0.1, 0.15) is 4.88 Å². The van der Waals surface area contributed by atoms with Crippen molar-refractivity contribution in [1.82, 2.24) is 4.98 Å². The van der Waals surface area contributed by atoms with E-state index in [9.17, 15) is 4.79 Å². The quantitative estimate of drug-likeness (QED) is 0.868. The summed E-state index contributed by atoms with van der Waals surface area (Å²) in [6, 6.07) is 5.42. The van der Waals surface area contributed by atoms with Crippen LogP contribution in [-0.2, 0) is 0 Å². The molecule has 2 rings (SSSR count). The zero-order chi connectivity index (χ0) is 12.4. The number of anilines is 2. The standard InChI is InChI=1S/C11H10BrN3OS/c1-15(11(16)10-5-14-6-17-10)9-3-2-7(12)4-8(9)13/h2-6H,13H2,1H3. The Labute approximate surface area is 111 Å². The predicted molar refractivity (Wildman–Crippen MR) is 73.4 cm³/mol. The van der Waals surface area contributed by atoms with Crippen LogP contribution in [0.15, 0.2) is 34.4 Å². The number of hydrogen-bond acceptors (Lipinski definition) is 4. The first-order valence-electron chi connectivity index (χ1n) is 4.81. The molecule has 0 fully saturated rings. The molecule has 1 heterocycles. The number of rotatable bonds is 2. The van der Waals surface area contributed by atoms with Crippen LogP contribution in [-0.4, -0.2) is 17.9 Å². The minimum Gasteiger partial charge on any atom is -0.397 e. The van der Waals surface area contributed by atoms with Gasteiger partial charge in [0.2, 0.25) is 0 Å². The number of halogens is 1. The lowest BCUT2D eigenvalue weighted by molar-refractivity contribution is 0.0997. The fourth-order valence-corrected chi connectivity index (χ4v) is 2.40. The van der Waals surface area contributed by atoms with E-state index in [1.807, 2.05) is 6.07 Å². The Morgan fingerprint density at radius 3 is 2.88 bits per heavy atom. The van der Waals surface area contributed by atoms with Gasteiger partial charge in [-0.1, -0.05) is 15.9 Å². The third-order valence-corrected chi connectivity index (χ3v) is 3.55. The fraction of sp³-hybridized carbons (Fsp3) is 0.0909. The van der Waals surface area contributed by atoms with Crippen molar-refractivity contribution in [2.75, 3.05) is 17.7 Å². The van der Waals surface area contributed by atoms with Crippen LogP contribution in [0.25, 0.3) is 0 Å². The summed E-state index contributed by atoms with van der Waals surface area (Å²) in [5.74, 6) is -0.110. The summed E-state index contributed by atoms with van der Waals surface area (Å²) in [6.45, 7) is 0. The molecule has 6 heteroatoms. The highest BCUT2D eigenvalue weighted by Gasteiger charge is 2.16. The molecule has 88 valence electrons. The Morgan fingerprint density at radius 1 is 1.53 bits per heavy atom. The number of benzene rings is 1. The van der Waals surface area contributed by atoms with Gasteiger partial charge in [0.05, 0.1) is 23.1 Å². The molecule has 0 spiro atoms. The lowest BCUT2D eigenvalue weighted by atomic mass is 10.2. The number of aromatic nitrogens is 1. The van der Waals surface area contributed by atoms with Gasteiger partial charge < -0.3 is 10.6 Å². The molecule has 0 aliphatic carbocycles. The van der Waals surface area contributed by atoms with E-state index in [0.29, 0.717) is 16.3 Å². The van der Waals surface area contributed by atoms with Crippen LogP contribution in [0.5, 0.6) is 0 Å². The van der Waals surface area contributed by atoms with Crippen LogP contribution in [0.2, 0.25) is 0 Å². The van der Waals surface area contributed by atoms with Gasteiger partial charge in [0.15, 0.2) is 0 Å². The highest BCUT2D eigenvalue weighted by Crippen LogP contribution is 2.27. The molecule has 0 atom stereocenters. The second-order valence-corrected chi connectivity index (χ2v) is 5.24. The number of hydrogen-bond donors (Lipinski definition) is 1. The maximum absolute atomic E-state index is 12.1. The third kappa shape index (κ3) is 2.48. The highest BCUT2D eigenvalue weighted by molar-refractivity contribution is 9.10. The van der Waals surface area contributed by atoms with Crippen LogP contribution in [0.3, 0.4) is 0 Å². The number of nitrogens with two attached hydrogens (primary N) is 1. The second kappa shape index (κ2) is 4.85. The maximum atomic E-state index is 12.1. The fourth-order valence-electron chi connectivity index (χ4n) is 1.43. The molecule has 0 unspecified atom stereocenters. The summed E-state index contributed by atoms with van der Waals surface area (Å²) in [7, 11) is 1.70. The highest BCUT2D eigenvalue weighted by atomic mass is 79.9. The third-order valence-electron chi connectivity index (χ3n) is 2.30. The van der Waals surface area contributed by atoms with Crippen molar-refractivity contribution in [3.63, 3.8) is 0 Å². The first-order chi connectivity index (χ1) is 8.09. The molecule has 0 saturated heterocycles. The van der Waals surface area contributed by atoms with Crippen molar-refractivity contribution < 1.29 is 4.79 Å². The normalized spacial score (nSPS) is 10.2. The predicted octanol–water partition coefficient (Wildman–Crippen LogP) is 2.76. The Balaban J connectivity index is 2.31. The van der Waals surface area contributed by atoms with Crippen molar-refractivity contribution >= 4 is 44.5 Å². The van der Waals surface area contributed by atoms with Crippen molar-refractivity contribution in [2.24, 2.45) is 0 Å². The molecule has 2 N–H and O–H groups in total. The first kappa shape index (κ1) is 12.1. The second-order valence-electron chi connectivity index (χ2n) is 3.43. The van der Waals surface area contributed by atoms with E-state index in [-0.39, 0.29) is 5.91 Å². The van der Waals surface area contributed by atoms with Crippen LogP contribution >= 0.6 is 27.3 Å². The van der Waals surface area contributed by atoms with Gasteiger partial charge in [-0.3, -0.25) is 9.78 Å². The maximum Gasteiger partial charge on any atom is 0.269 e. The van der Waals surface area contributed by atoms with Gasteiger partial charge in [0, 0.05) is 11.5 Å². The summed E-state index contributed by atoms with van der Waals surface area (Å²) in [4.78, 5) is 18.1. The molecule has 1 aromatic carbocycles. The van der Waals surface area contributed by atoms with E-state index in [0.717, 1.165) is 4.47 Å². The molecule has 0 radical (unpaired) electrons. The number of thiazole rings is 1. The summed E-state index contributed by atoms with van der Waals surface area (Å²) in [5.41, 5.74) is 8.75. The molecule has 1 amide bonds. The number of nitrogen functional groups attached to an aromatic ring is 1. The average molecular weight is 312 g/mol. The van der Waals surface area contributed by atoms with Gasteiger partial charge in [-0.15, -0.1) is 11.3 Å². The van der Waals surface area contributed by atoms with E-state index in [4.69, 9.17) is 5.73 Å². The largest absolute Gasteiger partial charge is 0.397 e. The molecule has 0 bridgehead atoms. The van der Waals surface area contributed by atoms with E-state index >= 15 is 0 Å². The minimum absolute atomic E-state index is 0.110. The summed E-state index contributed by atoms with van der Waals surface area (Å²) < 4.78 is 0.886. The van der Waals surface area contributed by atoms with Gasteiger partial charge in [0.25, 0.3) is 5.91 Å². The minimum atomic E-state index is -0.110. The van der Waals surface area contributed by atoms with Gasteiger partial charge >= 0.3 is 0 Å². The molecule has 2 aromatic rings. The van der Waals surface area contributed by atoms with E-state index in [1.165, 1.54) is 16.2 Å². The van der Waals surface area contributed by atoms with E-state index in [1.54, 1.807) is 30.9 Å². The van der Waals surface area contributed by atoms with Gasteiger partial charge in [-0.25, -0.2) is 0 Å². The summed E-state index contributed by atoms with van der Waals surface area (Å²) in [5, 5.41) is 0. The SMILES string of the molecule is CN(C(=O)c1cncs1)c1ccc(Br)cc1N. The molecular formula is C11H10BrN3OS. The summed E-state index contributed by atoms with van der Waals surface area (Å²) >= 11 is 4.64. The average Bonchev–Trinajstić information content (AvgIpc) is 2.80. The number of carbonyl (C=O) groups is 1. The molecular weight excluding hydrogens is 302 g/mol. The molecule has 4 nitrogen and oxygen atoms in total. The molecule has 0 aliphatic heterocycles. The zero-order valence-electron chi connectivity index (χ0n) is 9.05. The molecule has 0 saturated carbocycles. The molecule has 1 aromatic heterocycles. The first-order valence-corrected chi connectivity index (χ1v) is 6.48. The van der Waals surface area contributed by atoms with Crippen LogP contribution < -0.4 is 10.6 Å². The van der Waals surface area contributed by atoms with Crippen LogP contribution in [0.4, 0.5) is 11.4 Å². The summed E-state index contributed by atoms with van der Waals surface area (Å²) in [6.07, 6.45) is 1.55. The lowest BCUT2D eigenvalue weighted by Gasteiger charge is -2.18. The van der Waals surface area contributed by atoms with Gasteiger partial charge in [-0.05, 0) is 18.2 Å². The van der Waals surface area contributed by atoms with Crippen molar-refractivity contribution in [1.29, 1.82) is 0 Å². The zero-order valence-corrected chi connectivity index (χ0v) is 11.5.